The molecule has 0 atom stereocenters. The third-order valence-corrected chi connectivity index (χ3v) is 3.71. The minimum Gasteiger partial charge on any atom is -0.276 e. The van der Waals surface area contributed by atoms with Gasteiger partial charge in [0.15, 0.2) is 0 Å². The highest BCUT2D eigenvalue weighted by Gasteiger charge is 2.20. The topological polar surface area (TPSA) is 17.1 Å². The standard InChI is InChI=1S/C13H14Cl2O/c14-10-6-7-11(13(15)16)12(8-10)9-4-2-1-3-5-9/h6-9H,1-5H2. The van der Waals surface area contributed by atoms with Crippen molar-refractivity contribution >= 4 is 28.4 Å². The van der Waals surface area contributed by atoms with E-state index in [2.05, 4.69) is 0 Å². The van der Waals surface area contributed by atoms with E-state index in [0.29, 0.717) is 16.5 Å². The van der Waals surface area contributed by atoms with Gasteiger partial charge in [-0.05, 0) is 54.1 Å². The molecular weight excluding hydrogens is 243 g/mol. The lowest BCUT2D eigenvalue weighted by atomic mass is 9.82. The highest BCUT2D eigenvalue weighted by atomic mass is 35.5. The number of hydrogen-bond acceptors (Lipinski definition) is 1. The minimum atomic E-state index is -0.378. The maximum absolute atomic E-state index is 11.3. The summed E-state index contributed by atoms with van der Waals surface area (Å²) in [6.45, 7) is 0. The van der Waals surface area contributed by atoms with Crippen LogP contribution in [0.15, 0.2) is 18.2 Å². The Morgan fingerprint density at radius 2 is 1.88 bits per heavy atom. The van der Waals surface area contributed by atoms with Crippen molar-refractivity contribution in [2.75, 3.05) is 0 Å². The van der Waals surface area contributed by atoms with Gasteiger partial charge in [-0.2, -0.15) is 0 Å². The van der Waals surface area contributed by atoms with Gasteiger partial charge in [0, 0.05) is 10.6 Å². The van der Waals surface area contributed by atoms with Crippen molar-refractivity contribution in [3.63, 3.8) is 0 Å². The lowest BCUT2D eigenvalue weighted by molar-refractivity contribution is 0.108. The molecular formula is C13H14Cl2O. The molecule has 3 heteroatoms. The lowest BCUT2D eigenvalue weighted by Crippen LogP contribution is -2.08. The molecule has 16 heavy (non-hydrogen) atoms. The summed E-state index contributed by atoms with van der Waals surface area (Å²) in [5.74, 6) is 0.449. The van der Waals surface area contributed by atoms with Crippen molar-refractivity contribution in [1.29, 1.82) is 0 Å². The molecule has 1 aromatic rings. The zero-order valence-electron chi connectivity index (χ0n) is 9.01. The van der Waals surface area contributed by atoms with Gasteiger partial charge in [0.25, 0.3) is 5.24 Å². The summed E-state index contributed by atoms with van der Waals surface area (Å²) in [5.41, 5.74) is 1.66. The number of halogens is 2. The van der Waals surface area contributed by atoms with Crippen LogP contribution in [0.1, 0.15) is 53.9 Å². The molecule has 0 unspecified atom stereocenters. The van der Waals surface area contributed by atoms with Crippen LogP contribution in [0.4, 0.5) is 0 Å². The normalized spacial score (nSPS) is 17.4. The van der Waals surface area contributed by atoms with E-state index < -0.39 is 0 Å². The first kappa shape index (κ1) is 11.9. The van der Waals surface area contributed by atoms with Crippen LogP contribution in [0.2, 0.25) is 5.02 Å². The summed E-state index contributed by atoms with van der Waals surface area (Å²) >= 11 is 11.6. The maximum Gasteiger partial charge on any atom is 0.252 e. The molecule has 1 fully saturated rings. The first-order valence-corrected chi connectivity index (χ1v) is 6.43. The largest absolute Gasteiger partial charge is 0.276 e. The summed E-state index contributed by atoms with van der Waals surface area (Å²) in [6.07, 6.45) is 6.02. The van der Waals surface area contributed by atoms with E-state index in [1.54, 1.807) is 12.1 Å². The molecule has 1 aromatic carbocycles. The van der Waals surface area contributed by atoms with Crippen LogP contribution in [-0.4, -0.2) is 5.24 Å². The number of benzene rings is 1. The van der Waals surface area contributed by atoms with E-state index >= 15 is 0 Å². The van der Waals surface area contributed by atoms with Gasteiger partial charge in [-0.1, -0.05) is 30.9 Å². The molecule has 1 aliphatic carbocycles. The van der Waals surface area contributed by atoms with Crippen LogP contribution in [0.3, 0.4) is 0 Å². The number of rotatable bonds is 2. The lowest BCUT2D eigenvalue weighted by Gasteiger charge is -2.23. The molecule has 1 saturated carbocycles. The molecule has 86 valence electrons. The number of carbonyl (C=O) groups excluding carboxylic acids is 1. The Hall–Kier alpha value is -0.530. The van der Waals surface area contributed by atoms with E-state index in [1.165, 1.54) is 19.3 Å². The smallest absolute Gasteiger partial charge is 0.252 e. The second kappa shape index (κ2) is 5.20. The van der Waals surface area contributed by atoms with Crippen LogP contribution in [0, 0.1) is 0 Å². The van der Waals surface area contributed by atoms with Gasteiger partial charge < -0.3 is 0 Å². The summed E-state index contributed by atoms with van der Waals surface area (Å²) in [7, 11) is 0. The average molecular weight is 257 g/mol. The molecule has 0 saturated heterocycles. The van der Waals surface area contributed by atoms with Crippen LogP contribution in [-0.2, 0) is 0 Å². The van der Waals surface area contributed by atoms with Gasteiger partial charge in [0.05, 0.1) is 0 Å². The quantitative estimate of drug-likeness (QED) is 0.697. The summed E-state index contributed by atoms with van der Waals surface area (Å²) in [4.78, 5) is 11.3. The van der Waals surface area contributed by atoms with Crippen molar-refractivity contribution in [3.8, 4) is 0 Å². The Morgan fingerprint density at radius 1 is 1.19 bits per heavy atom. The maximum atomic E-state index is 11.3. The van der Waals surface area contributed by atoms with Crippen LogP contribution < -0.4 is 0 Å². The molecule has 0 N–H and O–H groups in total. The zero-order valence-corrected chi connectivity index (χ0v) is 10.5. The fourth-order valence-corrected chi connectivity index (χ4v) is 2.82. The molecule has 1 nitrogen and oxygen atoms in total. The molecule has 2 rings (SSSR count). The third-order valence-electron chi connectivity index (χ3n) is 3.27. The monoisotopic (exact) mass is 256 g/mol. The van der Waals surface area contributed by atoms with Gasteiger partial charge in [-0.25, -0.2) is 0 Å². The van der Waals surface area contributed by atoms with E-state index in [1.807, 2.05) is 6.07 Å². The van der Waals surface area contributed by atoms with Gasteiger partial charge in [-0.3, -0.25) is 4.79 Å². The first-order chi connectivity index (χ1) is 7.68. The van der Waals surface area contributed by atoms with E-state index in [-0.39, 0.29) is 5.24 Å². The molecule has 0 heterocycles. The van der Waals surface area contributed by atoms with Crippen LogP contribution in [0.25, 0.3) is 0 Å². The van der Waals surface area contributed by atoms with Crippen LogP contribution >= 0.6 is 23.2 Å². The molecule has 0 bridgehead atoms. The molecule has 0 amide bonds. The Labute approximate surface area is 106 Å². The fraction of sp³-hybridized carbons (Fsp3) is 0.462. The van der Waals surface area contributed by atoms with Crippen molar-refractivity contribution in [2.45, 2.75) is 38.0 Å². The van der Waals surface area contributed by atoms with Crippen molar-refractivity contribution in [2.24, 2.45) is 0 Å². The SMILES string of the molecule is O=C(Cl)c1ccc(Cl)cc1C1CCCCC1. The predicted octanol–water partition coefficient (Wildman–Crippen LogP) is 4.77. The van der Waals surface area contributed by atoms with Crippen molar-refractivity contribution in [1.82, 2.24) is 0 Å². The Morgan fingerprint density at radius 3 is 2.50 bits per heavy atom. The molecule has 0 aromatic heterocycles. The Balaban J connectivity index is 2.36. The van der Waals surface area contributed by atoms with Crippen molar-refractivity contribution < 1.29 is 4.79 Å². The second-order valence-electron chi connectivity index (χ2n) is 4.34. The predicted molar refractivity (Wildman–Crippen MR) is 67.5 cm³/mol. The van der Waals surface area contributed by atoms with E-state index in [0.717, 1.165) is 18.4 Å². The molecule has 0 spiro atoms. The number of carbonyl (C=O) groups is 1. The first-order valence-electron chi connectivity index (χ1n) is 5.68. The van der Waals surface area contributed by atoms with E-state index in [9.17, 15) is 4.79 Å². The zero-order chi connectivity index (χ0) is 11.5. The summed E-state index contributed by atoms with van der Waals surface area (Å²) in [6, 6.07) is 5.36. The summed E-state index contributed by atoms with van der Waals surface area (Å²) < 4.78 is 0. The minimum absolute atomic E-state index is 0.378. The highest BCUT2D eigenvalue weighted by Crippen LogP contribution is 2.36. The molecule has 0 radical (unpaired) electrons. The number of hydrogen-bond donors (Lipinski definition) is 0. The van der Waals surface area contributed by atoms with Gasteiger partial charge >= 0.3 is 0 Å². The van der Waals surface area contributed by atoms with Gasteiger partial charge in [-0.15, -0.1) is 0 Å². The third kappa shape index (κ3) is 2.58. The van der Waals surface area contributed by atoms with E-state index in [4.69, 9.17) is 23.2 Å². The molecule has 1 aliphatic rings. The van der Waals surface area contributed by atoms with Gasteiger partial charge in [0.2, 0.25) is 0 Å². The molecule has 0 aliphatic heterocycles. The summed E-state index contributed by atoms with van der Waals surface area (Å²) in [5, 5.41) is 0.305. The highest BCUT2D eigenvalue weighted by molar-refractivity contribution is 6.68. The second-order valence-corrected chi connectivity index (χ2v) is 5.12. The Bertz CT molecular complexity index is 395. The van der Waals surface area contributed by atoms with Crippen molar-refractivity contribution in [3.05, 3.63) is 34.3 Å². The van der Waals surface area contributed by atoms with Gasteiger partial charge in [0.1, 0.15) is 0 Å². The Kier molecular flexibility index (Phi) is 3.88. The fourth-order valence-electron chi connectivity index (χ4n) is 2.46. The van der Waals surface area contributed by atoms with Crippen LogP contribution in [0.5, 0.6) is 0 Å². The average Bonchev–Trinajstić information content (AvgIpc) is 2.29.